The van der Waals surface area contributed by atoms with Gasteiger partial charge in [-0.3, -0.25) is 9.52 Å². The molecule has 35 heavy (non-hydrogen) atoms. The van der Waals surface area contributed by atoms with E-state index >= 15 is 0 Å². The van der Waals surface area contributed by atoms with E-state index in [0.717, 1.165) is 33.8 Å². The molecule has 4 rings (SSSR count). The zero-order valence-electron chi connectivity index (χ0n) is 20.2. The molecule has 7 nitrogen and oxygen atoms in total. The molecule has 0 spiro atoms. The lowest BCUT2D eigenvalue weighted by Crippen LogP contribution is -2.23. The second-order valence-electron chi connectivity index (χ2n) is 8.46. The average molecular weight is 489 g/mol. The van der Waals surface area contributed by atoms with E-state index in [0.29, 0.717) is 17.8 Å². The Labute approximate surface area is 205 Å². The summed E-state index contributed by atoms with van der Waals surface area (Å²) in [6, 6.07) is 21.2. The molecule has 0 fully saturated rings. The molecule has 1 amide bonds. The van der Waals surface area contributed by atoms with E-state index in [1.807, 2.05) is 68.8 Å². The molecule has 4 aromatic rings. The van der Waals surface area contributed by atoms with Crippen molar-refractivity contribution >= 4 is 21.6 Å². The lowest BCUT2D eigenvalue weighted by molar-refractivity contribution is 0.0950. The Hall–Kier alpha value is -3.91. The summed E-state index contributed by atoms with van der Waals surface area (Å²) >= 11 is 0. The molecule has 0 radical (unpaired) electrons. The van der Waals surface area contributed by atoms with Crippen molar-refractivity contribution in [1.82, 2.24) is 15.1 Å². The molecule has 1 heterocycles. The predicted molar refractivity (Wildman–Crippen MR) is 137 cm³/mol. The van der Waals surface area contributed by atoms with Crippen molar-refractivity contribution in [3.05, 3.63) is 106 Å². The van der Waals surface area contributed by atoms with Crippen LogP contribution in [0.15, 0.2) is 77.7 Å². The highest BCUT2D eigenvalue weighted by Crippen LogP contribution is 2.22. The maximum Gasteiger partial charge on any atom is 0.261 e. The molecule has 0 aliphatic carbocycles. The highest BCUT2D eigenvalue weighted by Gasteiger charge is 2.18. The van der Waals surface area contributed by atoms with Crippen LogP contribution in [0.1, 0.15) is 38.4 Å². The molecule has 0 saturated carbocycles. The van der Waals surface area contributed by atoms with Gasteiger partial charge in [0, 0.05) is 23.4 Å². The third-order valence-corrected chi connectivity index (χ3v) is 7.52. The van der Waals surface area contributed by atoms with Gasteiger partial charge in [-0.15, -0.1) is 0 Å². The highest BCUT2D eigenvalue weighted by atomic mass is 32.2. The number of carbonyl (C=O) groups is 1. The fourth-order valence-electron chi connectivity index (χ4n) is 3.87. The van der Waals surface area contributed by atoms with E-state index in [1.54, 1.807) is 12.1 Å². The first-order valence-corrected chi connectivity index (χ1v) is 12.7. The predicted octanol–water partition coefficient (Wildman–Crippen LogP) is 4.84. The lowest BCUT2D eigenvalue weighted by atomic mass is 10.1. The minimum Gasteiger partial charge on any atom is -0.348 e. The molecule has 2 N–H and O–H groups in total. The molecule has 8 heteroatoms. The van der Waals surface area contributed by atoms with Crippen molar-refractivity contribution in [3.63, 3.8) is 0 Å². The second kappa shape index (κ2) is 9.76. The van der Waals surface area contributed by atoms with Crippen LogP contribution in [0.4, 0.5) is 5.69 Å². The standard InChI is InChI=1S/C27H28N4O3S/c1-18-9-8-12-26(19(18)2)30-35(33,34)24-15-13-22(14-16-24)27(32)28-17-25-20(3)29-31(21(25)4)23-10-6-5-7-11-23/h5-16,30H,17H2,1-4H3,(H,28,32). The van der Waals surface area contributed by atoms with Crippen LogP contribution < -0.4 is 10.0 Å². The highest BCUT2D eigenvalue weighted by molar-refractivity contribution is 7.92. The van der Waals surface area contributed by atoms with Crippen molar-refractivity contribution in [3.8, 4) is 5.69 Å². The fourth-order valence-corrected chi connectivity index (χ4v) is 5.00. The normalized spacial score (nSPS) is 11.3. The van der Waals surface area contributed by atoms with Gasteiger partial charge in [0.2, 0.25) is 0 Å². The molecule has 0 aliphatic rings. The third-order valence-electron chi connectivity index (χ3n) is 6.14. The van der Waals surface area contributed by atoms with Crippen LogP contribution in [0.25, 0.3) is 5.69 Å². The number of carbonyl (C=O) groups excluding carboxylic acids is 1. The summed E-state index contributed by atoms with van der Waals surface area (Å²) in [6.45, 7) is 8.00. The van der Waals surface area contributed by atoms with Crippen LogP contribution in [0, 0.1) is 27.7 Å². The summed E-state index contributed by atoms with van der Waals surface area (Å²) in [5, 5.41) is 7.52. The van der Waals surface area contributed by atoms with Gasteiger partial charge in [-0.2, -0.15) is 5.10 Å². The number of aromatic nitrogens is 2. The average Bonchev–Trinajstić information content (AvgIpc) is 3.14. The Morgan fingerprint density at radius 1 is 0.886 bits per heavy atom. The van der Waals surface area contributed by atoms with E-state index < -0.39 is 10.0 Å². The first kappa shape index (κ1) is 24.2. The summed E-state index contributed by atoms with van der Waals surface area (Å²) in [7, 11) is -3.78. The van der Waals surface area contributed by atoms with Crippen molar-refractivity contribution in [2.45, 2.75) is 39.1 Å². The number of nitrogens with zero attached hydrogens (tertiary/aromatic N) is 2. The summed E-state index contributed by atoms with van der Waals surface area (Å²) in [5.41, 5.74) is 6.47. The van der Waals surface area contributed by atoms with Gasteiger partial charge in [0.15, 0.2) is 0 Å². The van der Waals surface area contributed by atoms with Crippen molar-refractivity contribution < 1.29 is 13.2 Å². The number of sulfonamides is 1. The number of rotatable bonds is 7. The maximum atomic E-state index is 12.8. The Bertz CT molecular complexity index is 1480. The molecule has 3 aromatic carbocycles. The van der Waals surface area contributed by atoms with Crippen LogP contribution in [0.5, 0.6) is 0 Å². The van der Waals surface area contributed by atoms with Gasteiger partial charge in [0.25, 0.3) is 15.9 Å². The second-order valence-corrected chi connectivity index (χ2v) is 10.1. The van der Waals surface area contributed by atoms with Crippen molar-refractivity contribution in [1.29, 1.82) is 0 Å². The number of anilines is 1. The van der Waals surface area contributed by atoms with E-state index in [9.17, 15) is 13.2 Å². The monoisotopic (exact) mass is 488 g/mol. The molecule has 0 saturated heterocycles. The molecular formula is C27H28N4O3S. The molecular weight excluding hydrogens is 460 g/mol. The minimum atomic E-state index is -3.78. The Morgan fingerprint density at radius 3 is 2.26 bits per heavy atom. The van der Waals surface area contributed by atoms with E-state index in [-0.39, 0.29) is 10.8 Å². The maximum absolute atomic E-state index is 12.8. The van der Waals surface area contributed by atoms with Crippen LogP contribution in [0.2, 0.25) is 0 Å². The molecule has 180 valence electrons. The van der Waals surface area contributed by atoms with E-state index in [2.05, 4.69) is 15.1 Å². The molecule has 1 aromatic heterocycles. The van der Waals surface area contributed by atoms with Crippen molar-refractivity contribution in [2.75, 3.05) is 4.72 Å². The van der Waals surface area contributed by atoms with Gasteiger partial charge in [0.1, 0.15) is 0 Å². The topological polar surface area (TPSA) is 93.1 Å². The number of para-hydroxylation sites is 1. The van der Waals surface area contributed by atoms with Gasteiger partial charge in [0.05, 0.1) is 22.0 Å². The number of nitrogens with one attached hydrogen (secondary N) is 2. The summed E-state index contributed by atoms with van der Waals surface area (Å²) in [5.74, 6) is -0.289. The van der Waals surface area contributed by atoms with Crippen LogP contribution in [-0.4, -0.2) is 24.1 Å². The molecule has 0 atom stereocenters. The number of hydrogen-bond acceptors (Lipinski definition) is 4. The van der Waals surface area contributed by atoms with Gasteiger partial charge in [-0.25, -0.2) is 13.1 Å². The zero-order valence-corrected chi connectivity index (χ0v) is 21.0. The summed E-state index contributed by atoms with van der Waals surface area (Å²) in [6.07, 6.45) is 0. The third kappa shape index (κ3) is 5.12. The molecule has 0 bridgehead atoms. The number of benzene rings is 3. The quantitative estimate of drug-likeness (QED) is 0.389. The Morgan fingerprint density at radius 2 is 1.57 bits per heavy atom. The van der Waals surface area contributed by atoms with Crippen molar-refractivity contribution in [2.24, 2.45) is 0 Å². The Balaban J connectivity index is 1.45. The first-order valence-electron chi connectivity index (χ1n) is 11.2. The molecule has 0 unspecified atom stereocenters. The number of aryl methyl sites for hydroxylation is 2. The van der Waals surface area contributed by atoms with Crippen LogP contribution in [0.3, 0.4) is 0 Å². The van der Waals surface area contributed by atoms with Crippen LogP contribution in [-0.2, 0) is 16.6 Å². The number of amides is 1. The SMILES string of the molecule is Cc1cccc(NS(=O)(=O)c2ccc(C(=O)NCc3c(C)nn(-c4ccccc4)c3C)cc2)c1C. The largest absolute Gasteiger partial charge is 0.348 e. The zero-order chi connectivity index (χ0) is 25.2. The Kier molecular flexibility index (Phi) is 6.75. The molecule has 0 aliphatic heterocycles. The lowest BCUT2D eigenvalue weighted by Gasteiger charge is -2.12. The number of hydrogen-bond donors (Lipinski definition) is 2. The van der Waals surface area contributed by atoms with Gasteiger partial charge < -0.3 is 5.32 Å². The first-order chi connectivity index (χ1) is 16.7. The van der Waals surface area contributed by atoms with Gasteiger partial charge in [-0.1, -0.05) is 30.3 Å². The van der Waals surface area contributed by atoms with Gasteiger partial charge in [-0.05, 0) is 81.3 Å². The summed E-state index contributed by atoms with van der Waals surface area (Å²) in [4.78, 5) is 12.8. The smallest absolute Gasteiger partial charge is 0.261 e. The summed E-state index contributed by atoms with van der Waals surface area (Å²) < 4.78 is 30.2. The fraction of sp³-hybridized carbons (Fsp3) is 0.185. The van der Waals surface area contributed by atoms with E-state index in [1.165, 1.54) is 24.3 Å². The van der Waals surface area contributed by atoms with Gasteiger partial charge >= 0.3 is 0 Å². The minimum absolute atomic E-state index is 0.0887. The van der Waals surface area contributed by atoms with E-state index in [4.69, 9.17) is 0 Å². The van der Waals surface area contributed by atoms with Crippen LogP contribution >= 0.6 is 0 Å².